The molecule has 27 heavy (non-hydrogen) atoms. The van der Waals surface area contributed by atoms with Crippen molar-refractivity contribution in [1.29, 1.82) is 0 Å². The maximum atomic E-state index is 13.5. The number of thioether (sulfide) groups is 1. The summed E-state index contributed by atoms with van der Waals surface area (Å²) in [5, 5.41) is 17.3. The SMILES string of the molecule is CCNC(=NCc1cccc([N+](=O)[O-])c1)NCc1ccc(F)cc1CSC. The van der Waals surface area contributed by atoms with Crippen molar-refractivity contribution in [3.05, 3.63) is 75.1 Å². The summed E-state index contributed by atoms with van der Waals surface area (Å²) >= 11 is 1.64. The topological polar surface area (TPSA) is 79.6 Å². The first-order valence-electron chi connectivity index (χ1n) is 8.55. The summed E-state index contributed by atoms with van der Waals surface area (Å²) < 4.78 is 13.5. The summed E-state index contributed by atoms with van der Waals surface area (Å²) in [4.78, 5) is 14.9. The molecule has 0 heterocycles. The fourth-order valence-corrected chi connectivity index (χ4v) is 3.10. The molecular weight excluding hydrogens is 367 g/mol. The molecule has 0 aliphatic heterocycles. The smallest absolute Gasteiger partial charge is 0.269 e. The van der Waals surface area contributed by atoms with Gasteiger partial charge in [-0.2, -0.15) is 11.8 Å². The highest BCUT2D eigenvalue weighted by Crippen LogP contribution is 2.17. The van der Waals surface area contributed by atoms with Crippen molar-refractivity contribution >= 4 is 23.4 Å². The van der Waals surface area contributed by atoms with Crippen molar-refractivity contribution in [1.82, 2.24) is 10.6 Å². The lowest BCUT2D eigenvalue weighted by Gasteiger charge is -2.14. The van der Waals surface area contributed by atoms with Crippen molar-refractivity contribution < 1.29 is 9.31 Å². The second-order valence-electron chi connectivity index (χ2n) is 5.82. The van der Waals surface area contributed by atoms with Crippen LogP contribution in [0.1, 0.15) is 23.6 Å². The molecule has 0 amide bonds. The van der Waals surface area contributed by atoms with Crippen LogP contribution in [0.4, 0.5) is 10.1 Å². The largest absolute Gasteiger partial charge is 0.357 e. The van der Waals surface area contributed by atoms with E-state index in [1.807, 2.05) is 13.2 Å². The van der Waals surface area contributed by atoms with Gasteiger partial charge in [0.1, 0.15) is 5.82 Å². The Hall–Kier alpha value is -2.61. The van der Waals surface area contributed by atoms with Crippen LogP contribution in [-0.2, 0) is 18.8 Å². The lowest BCUT2D eigenvalue weighted by Crippen LogP contribution is -2.37. The van der Waals surface area contributed by atoms with Crippen LogP contribution in [0.3, 0.4) is 0 Å². The van der Waals surface area contributed by atoms with Gasteiger partial charge in [0.05, 0.1) is 11.5 Å². The number of rotatable bonds is 8. The van der Waals surface area contributed by atoms with E-state index in [4.69, 9.17) is 0 Å². The normalized spacial score (nSPS) is 11.3. The average molecular weight is 390 g/mol. The zero-order chi connectivity index (χ0) is 19.6. The summed E-state index contributed by atoms with van der Waals surface area (Å²) in [6, 6.07) is 11.2. The number of nitrogens with zero attached hydrogens (tertiary/aromatic N) is 2. The molecule has 0 unspecified atom stereocenters. The Balaban J connectivity index is 2.08. The van der Waals surface area contributed by atoms with E-state index < -0.39 is 4.92 Å². The number of nitro benzene ring substituents is 1. The maximum absolute atomic E-state index is 13.5. The molecule has 2 rings (SSSR count). The third kappa shape index (κ3) is 6.56. The zero-order valence-corrected chi connectivity index (χ0v) is 16.2. The van der Waals surface area contributed by atoms with E-state index in [0.29, 0.717) is 25.6 Å². The number of non-ortho nitro benzene ring substituents is 1. The van der Waals surface area contributed by atoms with Gasteiger partial charge >= 0.3 is 0 Å². The molecule has 0 aliphatic rings. The Labute approximate surface area is 162 Å². The van der Waals surface area contributed by atoms with E-state index in [0.717, 1.165) is 22.4 Å². The van der Waals surface area contributed by atoms with E-state index in [2.05, 4.69) is 15.6 Å². The van der Waals surface area contributed by atoms with Gasteiger partial charge in [0.25, 0.3) is 5.69 Å². The monoisotopic (exact) mass is 390 g/mol. The Bertz CT molecular complexity index is 814. The number of hydrogen-bond acceptors (Lipinski definition) is 4. The van der Waals surface area contributed by atoms with Crippen molar-refractivity contribution in [2.45, 2.75) is 25.8 Å². The van der Waals surface area contributed by atoms with Gasteiger partial charge in [-0.15, -0.1) is 0 Å². The molecule has 2 N–H and O–H groups in total. The van der Waals surface area contributed by atoms with Gasteiger partial charge in [-0.25, -0.2) is 9.38 Å². The Morgan fingerprint density at radius 1 is 1.22 bits per heavy atom. The molecule has 0 aromatic heterocycles. The summed E-state index contributed by atoms with van der Waals surface area (Å²) in [5.41, 5.74) is 2.76. The highest BCUT2D eigenvalue weighted by Gasteiger charge is 2.07. The molecule has 8 heteroatoms. The second-order valence-corrected chi connectivity index (χ2v) is 6.69. The minimum atomic E-state index is -0.418. The fraction of sp³-hybridized carbons (Fsp3) is 0.316. The number of nitrogens with one attached hydrogen (secondary N) is 2. The van der Waals surface area contributed by atoms with Gasteiger partial charge in [0, 0.05) is 31.0 Å². The quantitative estimate of drug-likeness (QED) is 0.310. The second kappa shape index (κ2) is 10.5. The van der Waals surface area contributed by atoms with Crippen LogP contribution >= 0.6 is 11.8 Å². The minimum absolute atomic E-state index is 0.0497. The lowest BCUT2D eigenvalue weighted by molar-refractivity contribution is -0.384. The molecule has 2 aromatic rings. The van der Waals surface area contributed by atoms with Crippen LogP contribution in [0, 0.1) is 15.9 Å². The predicted molar refractivity (Wildman–Crippen MR) is 108 cm³/mol. The van der Waals surface area contributed by atoms with E-state index in [1.165, 1.54) is 18.2 Å². The predicted octanol–water partition coefficient (Wildman–Crippen LogP) is 3.85. The highest BCUT2D eigenvalue weighted by atomic mass is 32.2. The van der Waals surface area contributed by atoms with E-state index in [9.17, 15) is 14.5 Å². The van der Waals surface area contributed by atoms with Crippen LogP contribution in [0.5, 0.6) is 0 Å². The summed E-state index contributed by atoms with van der Waals surface area (Å²) in [6.45, 7) is 3.47. The third-order valence-electron chi connectivity index (χ3n) is 3.80. The Kier molecular flexibility index (Phi) is 8.06. The molecule has 0 atom stereocenters. The van der Waals surface area contributed by atoms with Crippen LogP contribution < -0.4 is 10.6 Å². The van der Waals surface area contributed by atoms with E-state index >= 15 is 0 Å². The molecule has 0 radical (unpaired) electrons. The number of halogens is 1. The first kappa shape index (κ1) is 20.7. The van der Waals surface area contributed by atoms with Crippen LogP contribution in [0.2, 0.25) is 0 Å². The fourth-order valence-electron chi connectivity index (χ4n) is 2.52. The van der Waals surface area contributed by atoms with Gasteiger partial charge in [-0.1, -0.05) is 18.2 Å². The zero-order valence-electron chi connectivity index (χ0n) is 15.4. The Morgan fingerprint density at radius 3 is 2.74 bits per heavy atom. The van der Waals surface area contributed by atoms with Crippen molar-refractivity contribution in [3.8, 4) is 0 Å². The van der Waals surface area contributed by atoms with Gasteiger partial charge in [0.15, 0.2) is 5.96 Å². The molecule has 0 fully saturated rings. The maximum Gasteiger partial charge on any atom is 0.269 e. The molecule has 6 nitrogen and oxygen atoms in total. The van der Waals surface area contributed by atoms with E-state index in [1.54, 1.807) is 36.0 Å². The van der Waals surface area contributed by atoms with E-state index in [-0.39, 0.29) is 11.5 Å². The standard InChI is InChI=1S/C19H23FN4O2S/c1-3-21-19(22-11-14-5-4-6-18(9-14)24(25)26)23-12-15-7-8-17(20)10-16(15)13-27-2/h4-10H,3,11-13H2,1-2H3,(H2,21,22,23). The Morgan fingerprint density at radius 2 is 2.04 bits per heavy atom. The first-order valence-corrected chi connectivity index (χ1v) is 9.94. The van der Waals surface area contributed by atoms with Crippen molar-refractivity contribution in [3.63, 3.8) is 0 Å². The summed E-state index contributed by atoms with van der Waals surface area (Å²) in [7, 11) is 0. The molecule has 0 aliphatic carbocycles. The lowest BCUT2D eigenvalue weighted by atomic mass is 10.1. The molecular formula is C19H23FN4O2S. The average Bonchev–Trinajstić information content (AvgIpc) is 2.65. The molecule has 0 saturated heterocycles. The number of guanidine groups is 1. The summed E-state index contributed by atoms with van der Waals surface area (Å²) in [6.07, 6.45) is 1.98. The highest BCUT2D eigenvalue weighted by molar-refractivity contribution is 7.97. The third-order valence-corrected chi connectivity index (χ3v) is 4.40. The van der Waals surface area contributed by atoms with Gasteiger partial charge < -0.3 is 10.6 Å². The van der Waals surface area contributed by atoms with Gasteiger partial charge in [-0.05, 0) is 42.0 Å². The molecule has 2 aromatic carbocycles. The summed E-state index contributed by atoms with van der Waals surface area (Å²) in [5.74, 6) is 1.09. The molecule has 0 bridgehead atoms. The van der Waals surface area contributed by atoms with Crippen molar-refractivity contribution in [2.75, 3.05) is 12.8 Å². The number of benzene rings is 2. The van der Waals surface area contributed by atoms with Crippen LogP contribution in [0.15, 0.2) is 47.5 Å². The number of nitro groups is 1. The number of aliphatic imine (C=N–C) groups is 1. The van der Waals surface area contributed by atoms with Gasteiger partial charge in [0.2, 0.25) is 0 Å². The number of hydrogen-bond donors (Lipinski definition) is 2. The van der Waals surface area contributed by atoms with Crippen LogP contribution in [0.25, 0.3) is 0 Å². The minimum Gasteiger partial charge on any atom is -0.357 e. The molecule has 0 saturated carbocycles. The van der Waals surface area contributed by atoms with Gasteiger partial charge in [-0.3, -0.25) is 10.1 Å². The van der Waals surface area contributed by atoms with Crippen molar-refractivity contribution in [2.24, 2.45) is 4.99 Å². The molecule has 0 spiro atoms. The molecule has 144 valence electrons. The van der Waals surface area contributed by atoms with Crippen LogP contribution in [-0.4, -0.2) is 23.7 Å². The first-order chi connectivity index (χ1) is 13.0.